The van der Waals surface area contributed by atoms with Gasteiger partial charge in [0.1, 0.15) is 5.69 Å². The minimum Gasteiger partial charge on any atom is -0.278 e. The molecule has 0 aliphatic rings. The summed E-state index contributed by atoms with van der Waals surface area (Å²) in [6.45, 7) is 0. The number of hydrogen-bond donors (Lipinski definition) is 1. The Labute approximate surface area is 128 Å². The van der Waals surface area contributed by atoms with E-state index in [4.69, 9.17) is 16.9 Å². The third-order valence-electron chi connectivity index (χ3n) is 2.59. The molecule has 112 valence electrons. The predicted octanol–water partition coefficient (Wildman–Crippen LogP) is 4.07. The van der Waals surface area contributed by atoms with Gasteiger partial charge in [-0.25, -0.2) is 0 Å². The molecule has 22 heavy (non-hydrogen) atoms. The van der Waals surface area contributed by atoms with Gasteiger partial charge in [0, 0.05) is 6.20 Å². The molecule has 0 saturated heterocycles. The van der Waals surface area contributed by atoms with Crippen LogP contribution in [0, 0.1) is 11.3 Å². The van der Waals surface area contributed by atoms with Gasteiger partial charge in [-0.2, -0.15) is 23.5 Å². The van der Waals surface area contributed by atoms with Gasteiger partial charge in [-0.05, 0) is 30.3 Å². The fraction of sp³-hybridized carbons (Fsp3) is 0.0714. The maximum Gasteiger partial charge on any atom is 0.417 e. The number of pyridine rings is 1. The minimum absolute atomic E-state index is 0.107. The largest absolute Gasteiger partial charge is 0.417 e. The highest BCUT2D eigenvalue weighted by atomic mass is 35.5. The number of halogens is 4. The average molecular weight is 325 g/mol. The van der Waals surface area contributed by atoms with Crippen LogP contribution in [0.15, 0.2) is 41.6 Å². The monoisotopic (exact) mass is 324 g/mol. The van der Waals surface area contributed by atoms with Crippen LogP contribution in [0.2, 0.25) is 5.02 Å². The maximum absolute atomic E-state index is 12.5. The zero-order valence-electron chi connectivity index (χ0n) is 10.9. The first-order valence-electron chi connectivity index (χ1n) is 5.92. The zero-order chi connectivity index (χ0) is 16.2. The number of nitriles is 1. The van der Waals surface area contributed by atoms with E-state index in [-0.39, 0.29) is 10.7 Å². The van der Waals surface area contributed by atoms with Crippen LogP contribution >= 0.6 is 11.6 Å². The predicted molar refractivity (Wildman–Crippen MR) is 76.6 cm³/mol. The summed E-state index contributed by atoms with van der Waals surface area (Å²) in [5.41, 5.74) is 2.95. The SMILES string of the molecule is N#Cc1ccc(N/N=C\c2ncc(C(F)(F)F)cc2Cl)cc1. The standard InChI is InChI=1S/C14H8ClF3N4/c15-12-5-10(14(16,17)18)7-20-13(12)8-21-22-11-3-1-9(6-19)2-4-11/h1-5,7-8,22H/b21-8-. The molecule has 1 aromatic heterocycles. The number of anilines is 1. The second kappa shape index (κ2) is 6.45. The summed E-state index contributed by atoms with van der Waals surface area (Å²) in [6, 6.07) is 9.23. The van der Waals surface area contributed by atoms with Gasteiger partial charge in [-0.1, -0.05) is 11.6 Å². The Hall–Kier alpha value is -2.59. The number of benzene rings is 1. The molecule has 1 N–H and O–H groups in total. The van der Waals surface area contributed by atoms with Crippen molar-refractivity contribution in [2.45, 2.75) is 6.18 Å². The second-order valence-corrected chi connectivity index (χ2v) is 4.56. The van der Waals surface area contributed by atoms with Crippen molar-refractivity contribution < 1.29 is 13.2 Å². The van der Waals surface area contributed by atoms with Gasteiger partial charge in [0.2, 0.25) is 0 Å². The zero-order valence-corrected chi connectivity index (χ0v) is 11.7. The van der Waals surface area contributed by atoms with Crippen LogP contribution in [0.5, 0.6) is 0 Å². The third-order valence-corrected chi connectivity index (χ3v) is 2.89. The smallest absolute Gasteiger partial charge is 0.278 e. The number of hydrogen-bond acceptors (Lipinski definition) is 4. The Morgan fingerprint density at radius 3 is 2.50 bits per heavy atom. The molecule has 4 nitrogen and oxygen atoms in total. The van der Waals surface area contributed by atoms with Crippen LogP contribution in [0.1, 0.15) is 16.8 Å². The van der Waals surface area contributed by atoms with Crippen molar-refractivity contribution in [1.82, 2.24) is 4.98 Å². The third kappa shape index (κ3) is 3.96. The van der Waals surface area contributed by atoms with Crippen molar-refractivity contribution in [1.29, 1.82) is 5.26 Å². The summed E-state index contributed by atoms with van der Waals surface area (Å²) in [4.78, 5) is 3.62. The van der Waals surface area contributed by atoms with E-state index in [1.54, 1.807) is 24.3 Å². The highest BCUT2D eigenvalue weighted by molar-refractivity contribution is 6.32. The topological polar surface area (TPSA) is 61.1 Å². The molecule has 0 fully saturated rings. The Balaban J connectivity index is 2.08. The Morgan fingerprint density at radius 2 is 1.95 bits per heavy atom. The minimum atomic E-state index is -4.49. The van der Waals surface area contributed by atoms with Crippen molar-refractivity contribution in [3.05, 3.63) is 58.4 Å². The van der Waals surface area contributed by atoms with Crippen LogP contribution in [-0.2, 0) is 6.18 Å². The molecule has 0 aliphatic carbocycles. The van der Waals surface area contributed by atoms with Gasteiger partial charge in [-0.3, -0.25) is 10.4 Å². The van der Waals surface area contributed by atoms with E-state index in [0.29, 0.717) is 17.4 Å². The molecule has 0 unspecified atom stereocenters. The van der Waals surface area contributed by atoms with Gasteiger partial charge in [0.05, 0.1) is 34.1 Å². The first-order chi connectivity index (χ1) is 10.4. The fourth-order valence-corrected chi connectivity index (χ4v) is 1.70. The Kier molecular flexibility index (Phi) is 4.63. The van der Waals surface area contributed by atoms with E-state index in [9.17, 15) is 13.2 Å². The number of hydrazone groups is 1. The molecule has 0 aliphatic heterocycles. The molecule has 0 radical (unpaired) electrons. The summed E-state index contributed by atoms with van der Waals surface area (Å²) >= 11 is 5.74. The molecule has 1 heterocycles. The fourth-order valence-electron chi connectivity index (χ4n) is 1.49. The molecule has 0 amide bonds. The highest BCUT2D eigenvalue weighted by Crippen LogP contribution is 2.30. The van der Waals surface area contributed by atoms with Crippen LogP contribution < -0.4 is 5.43 Å². The molecule has 0 bridgehead atoms. The number of aromatic nitrogens is 1. The lowest BCUT2D eigenvalue weighted by atomic mass is 10.2. The Bertz CT molecular complexity index is 733. The van der Waals surface area contributed by atoms with Crippen molar-refractivity contribution in [3.8, 4) is 6.07 Å². The van der Waals surface area contributed by atoms with Gasteiger partial charge in [0.25, 0.3) is 0 Å². The lowest BCUT2D eigenvalue weighted by Gasteiger charge is -2.07. The van der Waals surface area contributed by atoms with Crippen molar-refractivity contribution in [2.75, 3.05) is 5.43 Å². The molecule has 0 spiro atoms. The number of nitrogens with zero attached hydrogens (tertiary/aromatic N) is 3. The first-order valence-corrected chi connectivity index (χ1v) is 6.30. The van der Waals surface area contributed by atoms with Gasteiger partial charge in [-0.15, -0.1) is 0 Å². The molecular formula is C14H8ClF3N4. The van der Waals surface area contributed by atoms with Gasteiger partial charge < -0.3 is 0 Å². The van der Waals surface area contributed by atoms with E-state index in [0.717, 1.165) is 6.07 Å². The van der Waals surface area contributed by atoms with E-state index in [1.165, 1.54) is 6.21 Å². The van der Waals surface area contributed by atoms with E-state index < -0.39 is 11.7 Å². The van der Waals surface area contributed by atoms with Gasteiger partial charge in [0.15, 0.2) is 0 Å². The van der Waals surface area contributed by atoms with Crippen molar-refractivity contribution in [3.63, 3.8) is 0 Å². The molecule has 2 rings (SSSR count). The molecule has 8 heteroatoms. The normalized spacial score (nSPS) is 11.4. The quantitative estimate of drug-likeness (QED) is 0.684. The summed E-state index contributed by atoms with van der Waals surface area (Å²) in [5, 5.41) is 12.3. The summed E-state index contributed by atoms with van der Waals surface area (Å²) < 4.78 is 37.4. The molecule has 0 atom stereocenters. The molecular weight excluding hydrogens is 317 g/mol. The van der Waals surface area contributed by atoms with E-state index >= 15 is 0 Å². The first kappa shape index (κ1) is 15.8. The molecule has 0 saturated carbocycles. The summed E-state index contributed by atoms with van der Waals surface area (Å²) in [6.07, 6.45) is -2.59. The van der Waals surface area contributed by atoms with Crippen LogP contribution in [0.25, 0.3) is 0 Å². The Morgan fingerprint density at radius 1 is 1.27 bits per heavy atom. The van der Waals surface area contributed by atoms with E-state index in [1.807, 2.05) is 6.07 Å². The lowest BCUT2D eigenvalue weighted by molar-refractivity contribution is -0.137. The van der Waals surface area contributed by atoms with Crippen LogP contribution in [0.4, 0.5) is 18.9 Å². The lowest BCUT2D eigenvalue weighted by Crippen LogP contribution is -2.06. The maximum atomic E-state index is 12.5. The number of alkyl halides is 3. The van der Waals surface area contributed by atoms with Crippen molar-refractivity contribution >= 4 is 23.5 Å². The average Bonchev–Trinajstić information content (AvgIpc) is 2.48. The molecule has 1 aromatic carbocycles. The van der Waals surface area contributed by atoms with E-state index in [2.05, 4.69) is 15.5 Å². The number of nitrogens with one attached hydrogen (secondary N) is 1. The highest BCUT2D eigenvalue weighted by Gasteiger charge is 2.31. The summed E-state index contributed by atoms with van der Waals surface area (Å²) in [5.74, 6) is 0. The van der Waals surface area contributed by atoms with Crippen molar-refractivity contribution in [2.24, 2.45) is 5.10 Å². The van der Waals surface area contributed by atoms with Crippen LogP contribution in [0.3, 0.4) is 0 Å². The van der Waals surface area contributed by atoms with Crippen LogP contribution in [-0.4, -0.2) is 11.2 Å². The summed E-state index contributed by atoms with van der Waals surface area (Å²) in [7, 11) is 0. The number of rotatable bonds is 3. The van der Waals surface area contributed by atoms with Gasteiger partial charge >= 0.3 is 6.18 Å². The molecule has 2 aromatic rings. The second-order valence-electron chi connectivity index (χ2n) is 4.15.